The van der Waals surface area contributed by atoms with Gasteiger partial charge in [0.05, 0.1) is 27.6 Å². The Labute approximate surface area is 374 Å². The minimum Gasteiger partial charge on any atom is -0.456 e. The van der Waals surface area contributed by atoms with Crippen LogP contribution in [0.15, 0.2) is 216 Å². The fraction of sp³-hybridized carbons (Fsp3) is 0.0500. The maximum absolute atomic E-state index is 6.27. The molecule has 1 aliphatic heterocycles. The number of aromatic nitrogens is 2. The molecular weight excluding hydrogens is 793 g/mol. The van der Waals surface area contributed by atoms with Crippen LogP contribution in [-0.4, -0.2) is 14.7 Å². The molecule has 306 valence electrons. The average Bonchev–Trinajstić information content (AvgIpc) is 4.10. The largest absolute Gasteiger partial charge is 0.456 e. The van der Waals surface area contributed by atoms with E-state index in [9.17, 15) is 0 Å². The molecule has 5 heterocycles. The number of benzene rings is 9. The van der Waals surface area contributed by atoms with Gasteiger partial charge in [0.1, 0.15) is 11.2 Å². The van der Waals surface area contributed by atoms with Crippen LogP contribution in [0.5, 0.6) is 0 Å². The van der Waals surface area contributed by atoms with E-state index in [1.54, 1.807) is 0 Å². The van der Waals surface area contributed by atoms with Crippen LogP contribution in [-0.2, 0) is 0 Å². The molecule has 13 aromatic rings. The second-order valence-electron chi connectivity index (χ2n) is 17.4. The summed E-state index contributed by atoms with van der Waals surface area (Å²) >= 11 is 0. The average molecular weight is 833 g/mol. The third kappa shape index (κ3) is 5.42. The predicted molar refractivity (Wildman–Crippen MR) is 271 cm³/mol. The van der Waals surface area contributed by atoms with Crippen LogP contribution in [0, 0.1) is 0 Å². The second kappa shape index (κ2) is 14.0. The number of nitrogens with one attached hydrogen (secondary N) is 1. The number of hydrogen-bond acceptors (Lipinski definition) is 3. The molecule has 1 N–H and O–H groups in total. The molecule has 14 rings (SSSR count). The zero-order chi connectivity index (χ0) is 42.6. The molecule has 0 fully saturated rings. The van der Waals surface area contributed by atoms with E-state index in [-0.39, 0.29) is 0 Å². The lowest BCUT2D eigenvalue weighted by molar-refractivity contribution is 0.509. The van der Waals surface area contributed by atoms with Crippen molar-refractivity contribution in [1.82, 2.24) is 14.3 Å². The number of rotatable bonds is 5. The third-order valence-electron chi connectivity index (χ3n) is 13.8. The fourth-order valence-corrected chi connectivity index (χ4v) is 10.9. The fourth-order valence-electron chi connectivity index (χ4n) is 10.9. The van der Waals surface area contributed by atoms with Gasteiger partial charge in [0, 0.05) is 60.1 Å². The molecule has 9 aromatic carbocycles. The van der Waals surface area contributed by atoms with Crippen molar-refractivity contribution in [1.29, 1.82) is 0 Å². The third-order valence-corrected chi connectivity index (χ3v) is 13.8. The summed E-state index contributed by atoms with van der Waals surface area (Å²) in [6.07, 6.45) is 3.46. The van der Waals surface area contributed by atoms with Gasteiger partial charge in [-0.3, -0.25) is 0 Å². The number of nitrogens with zero attached hydrogens (tertiary/aromatic N) is 3. The van der Waals surface area contributed by atoms with Gasteiger partial charge in [0.15, 0.2) is 0 Å². The van der Waals surface area contributed by atoms with Gasteiger partial charge < -0.3 is 18.7 Å². The van der Waals surface area contributed by atoms with Gasteiger partial charge in [0.2, 0.25) is 6.29 Å². The number of aliphatic imine (C=N–C) groups is 1. The predicted octanol–water partition coefficient (Wildman–Crippen LogP) is 15.5. The molecule has 1 unspecified atom stereocenters. The summed E-state index contributed by atoms with van der Waals surface area (Å²) in [5, 5.41) is 13.8. The molecule has 0 radical (unpaired) electrons. The Morgan fingerprint density at radius 3 is 1.92 bits per heavy atom. The van der Waals surface area contributed by atoms with Crippen molar-refractivity contribution in [2.24, 2.45) is 4.99 Å². The Hall–Kier alpha value is -8.41. The maximum Gasteiger partial charge on any atom is 0.201 e. The van der Waals surface area contributed by atoms with Crippen molar-refractivity contribution >= 4 is 93.2 Å². The van der Waals surface area contributed by atoms with Gasteiger partial charge in [-0.1, -0.05) is 158 Å². The molecule has 0 aliphatic carbocycles. The molecule has 0 amide bonds. The van der Waals surface area contributed by atoms with Crippen LogP contribution in [0.3, 0.4) is 0 Å². The number of fused-ring (bicyclic) bond motifs is 13. The SMILES string of the molecule is C1=C(c2cccc(-c3ccccc3)c2)NC(n2c3ccccc3c3cc4c5ccccc5n5c6ccccc6c(c32)c45)N=C(c2ccccc2-c2ccc3oc4ccccc4c3c2)CC1. The van der Waals surface area contributed by atoms with Gasteiger partial charge in [-0.25, -0.2) is 4.99 Å². The number of para-hydroxylation sites is 4. The summed E-state index contributed by atoms with van der Waals surface area (Å²) in [5.41, 5.74) is 16.8. The Morgan fingerprint density at radius 2 is 1.08 bits per heavy atom. The molecule has 4 aromatic heterocycles. The van der Waals surface area contributed by atoms with Gasteiger partial charge in [-0.05, 0) is 89.2 Å². The first kappa shape index (κ1) is 36.1. The highest BCUT2D eigenvalue weighted by Gasteiger charge is 2.28. The van der Waals surface area contributed by atoms with E-state index >= 15 is 0 Å². The van der Waals surface area contributed by atoms with E-state index in [0.717, 1.165) is 74.0 Å². The second-order valence-corrected chi connectivity index (χ2v) is 17.4. The first-order valence-corrected chi connectivity index (χ1v) is 22.5. The van der Waals surface area contributed by atoms with Crippen molar-refractivity contribution in [3.63, 3.8) is 0 Å². The number of furan rings is 1. The number of allylic oxidation sites excluding steroid dienone is 1. The summed E-state index contributed by atoms with van der Waals surface area (Å²) in [4.78, 5) is 5.97. The molecule has 0 saturated carbocycles. The van der Waals surface area contributed by atoms with Crippen LogP contribution in [0.25, 0.3) is 110 Å². The van der Waals surface area contributed by atoms with E-state index in [0.29, 0.717) is 0 Å². The quantitative estimate of drug-likeness (QED) is 0.188. The van der Waals surface area contributed by atoms with Gasteiger partial charge >= 0.3 is 0 Å². The Morgan fingerprint density at radius 1 is 0.446 bits per heavy atom. The minimum absolute atomic E-state index is 0.507. The van der Waals surface area contributed by atoms with Crippen molar-refractivity contribution < 1.29 is 4.42 Å². The first-order valence-electron chi connectivity index (χ1n) is 22.5. The van der Waals surface area contributed by atoms with Gasteiger partial charge in [-0.15, -0.1) is 0 Å². The lowest BCUT2D eigenvalue weighted by Crippen LogP contribution is -2.27. The molecule has 1 atom stereocenters. The van der Waals surface area contributed by atoms with Crippen LogP contribution >= 0.6 is 0 Å². The van der Waals surface area contributed by atoms with Crippen molar-refractivity contribution in [2.75, 3.05) is 0 Å². The summed E-state index contributed by atoms with van der Waals surface area (Å²) in [6.45, 7) is 0. The van der Waals surface area contributed by atoms with Crippen molar-refractivity contribution in [3.05, 3.63) is 217 Å². The first-order chi connectivity index (χ1) is 32.2. The normalized spacial score (nSPS) is 14.8. The topological polar surface area (TPSA) is 46.9 Å². The molecular formula is C60H40N4O. The standard InChI is InChI=1S/C60H40N4O/c1-2-16-37(17-3-1)38-18-14-19-40(34-38)50-26-15-27-51(42-21-5-4-20-41(42)39-32-33-56-47(35-39)45-24-9-13-31-55(45)65-56)62-60(61-50)64-53-29-11-7-23-44(53)49-36-48-43-22-6-10-28-52(43)63-54-30-12-8-25-46(54)57(58(48)63)59(49)64/h1-14,16-26,28-36,60-61H,15,27H2. The highest BCUT2D eigenvalue weighted by molar-refractivity contribution is 6.34. The van der Waals surface area contributed by atoms with E-state index < -0.39 is 6.29 Å². The van der Waals surface area contributed by atoms with Gasteiger partial charge in [0.25, 0.3) is 0 Å². The maximum atomic E-state index is 6.27. The van der Waals surface area contributed by atoms with Crippen molar-refractivity contribution in [2.45, 2.75) is 19.1 Å². The van der Waals surface area contributed by atoms with Crippen LogP contribution in [0.2, 0.25) is 0 Å². The zero-order valence-electron chi connectivity index (χ0n) is 35.4. The van der Waals surface area contributed by atoms with E-state index in [4.69, 9.17) is 9.41 Å². The lowest BCUT2D eigenvalue weighted by Gasteiger charge is -2.26. The minimum atomic E-state index is -0.507. The Balaban J connectivity index is 1.03. The molecule has 5 heteroatoms. The smallest absolute Gasteiger partial charge is 0.201 e. The molecule has 1 aliphatic rings. The highest BCUT2D eigenvalue weighted by Crippen LogP contribution is 2.47. The zero-order valence-corrected chi connectivity index (χ0v) is 35.4. The summed E-state index contributed by atoms with van der Waals surface area (Å²) < 4.78 is 11.2. The highest BCUT2D eigenvalue weighted by atomic mass is 16.3. The molecule has 5 nitrogen and oxygen atoms in total. The van der Waals surface area contributed by atoms with Crippen LogP contribution < -0.4 is 5.32 Å². The Kier molecular flexibility index (Phi) is 7.80. The van der Waals surface area contributed by atoms with Gasteiger partial charge in [-0.2, -0.15) is 0 Å². The monoisotopic (exact) mass is 832 g/mol. The van der Waals surface area contributed by atoms with E-state index in [1.165, 1.54) is 65.5 Å². The molecule has 0 spiro atoms. The van der Waals surface area contributed by atoms with E-state index in [2.05, 4.69) is 208 Å². The lowest BCUT2D eigenvalue weighted by atomic mass is 9.93. The summed E-state index contributed by atoms with van der Waals surface area (Å²) in [6, 6.07) is 72.3. The van der Waals surface area contributed by atoms with Crippen LogP contribution in [0.4, 0.5) is 0 Å². The van der Waals surface area contributed by atoms with E-state index in [1.807, 2.05) is 12.1 Å². The van der Waals surface area contributed by atoms with Crippen molar-refractivity contribution in [3.8, 4) is 22.3 Å². The Bertz CT molecular complexity index is 4110. The van der Waals surface area contributed by atoms with Crippen LogP contribution in [0.1, 0.15) is 30.3 Å². The molecule has 0 bridgehead atoms. The summed E-state index contributed by atoms with van der Waals surface area (Å²) in [7, 11) is 0. The number of hydrogen-bond donors (Lipinski definition) is 1. The molecule has 65 heavy (non-hydrogen) atoms. The molecule has 0 saturated heterocycles. The summed E-state index contributed by atoms with van der Waals surface area (Å²) in [5.74, 6) is 0.